The molecule has 0 fully saturated rings. The molecule has 1 rings (SSSR count). The summed E-state index contributed by atoms with van der Waals surface area (Å²) in [5, 5.41) is -0.00579. The predicted molar refractivity (Wildman–Crippen MR) is 38.7 cm³/mol. The van der Waals surface area contributed by atoms with Crippen LogP contribution in [0.3, 0.4) is 0 Å². The Labute approximate surface area is 65.2 Å². The van der Waals surface area contributed by atoms with Crippen LogP contribution in [0.25, 0.3) is 0 Å². The molecular formula is C6H7N2O2S. The number of nitrogens with zero attached hydrogens (tertiary/aromatic N) is 2. The van der Waals surface area contributed by atoms with Crippen LogP contribution < -0.4 is 0 Å². The number of aryl methyl sites for hydroxylation is 1. The van der Waals surface area contributed by atoms with E-state index in [-0.39, 0.29) is 5.03 Å². The van der Waals surface area contributed by atoms with Gasteiger partial charge in [-0.2, -0.15) is 0 Å². The highest BCUT2D eigenvalue weighted by molar-refractivity contribution is 7.90. The average molecular weight is 171 g/mol. The summed E-state index contributed by atoms with van der Waals surface area (Å²) >= 11 is 0. The highest BCUT2D eigenvalue weighted by atomic mass is 32.2. The Morgan fingerprint density at radius 3 is 2.55 bits per heavy atom. The van der Waals surface area contributed by atoms with Crippen LogP contribution in [-0.2, 0) is 9.84 Å². The van der Waals surface area contributed by atoms with Crippen LogP contribution in [0.15, 0.2) is 11.2 Å². The molecule has 1 aromatic heterocycles. The Kier molecular flexibility index (Phi) is 1.90. The fraction of sp³-hybridized carbons (Fsp3) is 0.333. The van der Waals surface area contributed by atoms with Crippen LogP contribution in [0, 0.1) is 13.1 Å². The second-order valence-electron chi connectivity index (χ2n) is 2.18. The van der Waals surface area contributed by atoms with E-state index in [1.807, 2.05) is 0 Å². The normalized spacial score (nSPS) is 11.5. The zero-order chi connectivity index (χ0) is 8.48. The summed E-state index contributed by atoms with van der Waals surface area (Å²) in [5.74, 6) is 0. The van der Waals surface area contributed by atoms with Gasteiger partial charge in [-0.15, -0.1) is 0 Å². The molecule has 0 saturated heterocycles. The van der Waals surface area contributed by atoms with Gasteiger partial charge >= 0.3 is 0 Å². The second-order valence-corrected chi connectivity index (χ2v) is 4.14. The van der Waals surface area contributed by atoms with E-state index in [0.717, 1.165) is 6.26 Å². The van der Waals surface area contributed by atoms with Gasteiger partial charge in [-0.25, -0.2) is 18.4 Å². The third kappa shape index (κ3) is 1.98. The van der Waals surface area contributed by atoms with Crippen LogP contribution in [0.4, 0.5) is 0 Å². The van der Waals surface area contributed by atoms with E-state index in [1.165, 1.54) is 6.20 Å². The molecular weight excluding hydrogens is 164 g/mol. The molecule has 0 bridgehead atoms. The van der Waals surface area contributed by atoms with Gasteiger partial charge in [0.25, 0.3) is 0 Å². The van der Waals surface area contributed by atoms with E-state index in [9.17, 15) is 8.42 Å². The van der Waals surface area contributed by atoms with Crippen LogP contribution in [0.1, 0.15) is 5.69 Å². The number of rotatable bonds is 1. The second kappa shape index (κ2) is 2.58. The molecule has 1 heterocycles. The van der Waals surface area contributed by atoms with Crippen LogP contribution in [-0.4, -0.2) is 24.6 Å². The molecule has 0 atom stereocenters. The minimum Gasteiger partial charge on any atom is -0.250 e. The van der Waals surface area contributed by atoms with Gasteiger partial charge in [0.2, 0.25) is 0 Å². The topological polar surface area (TPSA) is 59.9 Å². The van der Waals surface area contributed by atoms with Crippen molar-refractivity contribution < 1.29 is 8.42 Å². The minimum absolute atomic E-state index is 0.00579. The van der Waals surface area contributed by atoms with Crippen molar-refractivity contribution in [3.8, 4) is 0 Å². The molecule has 5 heteroatoms. The molecule has 0 aliphatic heterocycles. The first-order valence-electron chi connectivity index (χ1n) is 2.91. The summed E-state index contributed by atoms with van der Waals surface area (Å²) in [6.45, 7) is 1.64. The molecule has 0 aliphatic rings. The van der Waals surface area contributed by atoms with Crippen molar-refractivity contribution in [1.82, 2.24) is 9.97 Å². The van der Waals surface area contributed by atoms with Crippen LogP contribution in [0.2, 0.25) is 0 Å². The highest BCUT2D eigenvalue weighted by Crippen LogP contribution is 2.01. The third-order valence-corrected chi connectivity index (χ3v) is 2.02. The largest absolute Gasteiger partial charge is 0.250 e. The Hall–Kier alpha value is -0.970. The molecule has 11 heavy (non-hydrogen) atoms. The first-order valence-corrected chi connectivity index (χ1v) is 4.80. The van der Waals surface area contributed by atoms with E-state index in [1.54, 1.807) is 6.92 Å². The van der Waals surface area contributed by atoms with Crippen molar-refractivity contribution >= 4 is 9.84 Å². The lowest BCUT2D eigenvalue weighted by molar-refractivity contribution is 0.597. The molecule has 0 saturated carbocycles. The van der Waals surface area contributed by atoms with Crippen LogP contribution >= 0.6 is 0 Å². The maximum Gasteiger partial charge on any atom is 0.194 e. The summed E-state index contributed by atoms with van der Waals surface area (Å²) in [7, 11) is -3.22. The SMILES string of the molecule is Cc1[c]ncc(S(C)(=O)=O)n1. The molecule has 0 aliphatic carbocycles. The maximum atomic E-state index is 10.9. The summed E-state index contributed by atoms with van der Waals surface area (Å²) in [6.07, 6.45) is 4.79. The summed E-state index contributed by atoms with van der Waals surface area (Å²) in [4.78, 5) is 7.32. The first-order chi connectivity index (χ1) is 5.00. The van der Waals surface area contributed by atoms with Gasteiger partial charge in [0, 0.05) is 6.26 Å². The zero-order valence-corrected chi connectivity index (χ0v) is 7.01. The Bertz CT molecular complexity index is 359. The van der Waals surface area contributed by atoms with E-state index < -0.39 is 9.84 Å². The van der Waals surface area contributed by atoms with Gasteiger partial charge in [0.1, 0.15) is 6.20 Å². The van der Waals surface area contributed by atoms with Gasteiger partial charge < -0.3 is 0 Å². The molecule has 0 unspecified atom stereocenters. The fourth-order valence-electron chi connectivity index (χ4n) is 0.579. The van der Waals surface area contributed by atoms with Crippen molar-refractivity contribution in [1.29, 1.82) is 0 Å². The molecule has 1 aromatic rings. The molecule has 1 radical (unpaired) electrons. The molecule has 59 valence electrons. The number of sulfone groups is 1. The average Bonchev–Trinajstić information content (AvgIpc) is 1.86. The van der Waals surface area contributed by atoms with Gasteiger partial charge in [0.05, 0.1) is 11.9 Å². The van der Waals surface area contributed by atoms with Crippen molar-refractivity contribution in [2.45, 2.75) is 11.9 Å². The lowest BCUT2D eigenvalue weighted by Gasteiger charge is -1.95. The lowest BCUT2D eigenvalue weighted by Crippen LogP contribution is -2.02. The first kappa shape index (κ1) is 8.13. The van der Waals surface area contributed by atoms with E-state index in [4.69, 9.17) is 0 Å². The quantitative estimate of drug-likeness (QED) is 0.596. The fourth-order valence-corrected chi connectivity index (χ4v) is 1.13. The Balaban J connectivity index is 3.28. The summed E-state index contributed by atoms with van der Waals surface area (Å²) in [6, 6.07) is 0. The Morgan fingerprint density at radius 2 is 2.18 bits per heavy atom. The van der Waals surface area contributed by atoms with Gasteiger partial charge in [-0.1, -0.05) is 0 Å². The van der Waals surface area contributed by atoms with E-state index in [2.05, 4.69) is 16.2 Å². The van der Waals surface area contributed by atoms with Crippen molar-refractivity contribution in [3.63, 3.8) is 0 Å². The van der Waals surface area contributed by atoms with Crippen molar-refractivity contribution in [2.24, 2.45) is 0 Å². The predicted octanol–water partition coefficient (Wildman–Crippen LogP) is -0.0113. The van der Waals surface area contributed by atoms with Gasteiger partial charge in [-0.05, 0) is 6.92 Å². The molecule has 0 amide bonds. The molecule has 4 nitrogen and oxygen atoms in total. The lowest BCUT2D eigenvalue weighted by atomic mass is 10.5. The number of hydrogen-bond donors (Lipinski definition) is 0. The standard InChI is InChI=1S/C6H7N2O2S/c1-5-3-7-4-6(8-5)11(2,9)10/h4H,1-2H3. The van der Waals surface area contributed by atoms with Gasteiger partial charge in [0.15, 0.2) is 14.9 Å². The number of hydrogen-bond acceptors (Lipinski definition) is 4. The zero-order valence-electron chi connectivity index (χ0n) is 6.20. The van der Waals surface area contributed by atoms with Crippen LogP contribution in [0.5, 0.6) is 0 Å². The summed E-state index contributed by atoms with van der Waals surface area (Å²) in [5.41, 5.74) is 0.480. The highest BCUT2D eigenvalue weighted by Gasteiger charge is 2.08. The number of aromatic nitrogens is 2. The van der Waals surface area contributed by atoms with E-state index >= 15 is 0 Å². The van der Waals surface area contributed by atoms with E-state index in [0.29, 0.717) is 5.69 Å². The molecule has 0 N–H and O–H groups in total. The summed E-state index contributed by atoms with van der Waals surface area (Å²) < 4.78 is 21.7. The Morgan fingerprint density at radius 1 is 1.55 bits per heavy atom. The minimum atomic E-state index is -3.22. The van der Waals surface area contributed by atoms with Crippen molar-refractivity contribution in [3.05, 3.63) is 18.1 Å². The molecule has 0 spiro atoms. The maximum absolute atomic E-state index is 10.9. The third-order valence-electron chi connectivity index (χ3n) is 1.06. The molecule has 0 aromatic carbocycles. The van der Waals surface area contributed by atoms with Gasteiger partial charge in [-0.3, -0.25) is 0 Å². The van der Waals surface area contributed by atoms with Crippen molar-refractivity contribution in [2.75, 3.05) is 6.26 Å². The smallest absolute Gasteiger partial charge is 0.194 e. The monoisotopic (exact) mass is 171 g/mol.